The molecule has 30 heavy (non-hydrogen) atoms. The van der Waals surface area contributed by atoms with Crippen molar-refractivity contribution in [2.45, 2.75) is 43.8 Å². The van der Waals surface area contributed by atoms with Crippen LogP contribution in [0.3, 0.4) is 0 Å². The van der Waals surface area contributed by atoms with Crippen molar-refractivity contribution in [2.75, 3.05) is 30.9 Å². The Labute approximate surface area is 176 Å². The molecule has 156 valence electrons. The molecule has 2 unspecified atom stereocenters. The highest BCUT2D eigenvalue weighted by Gasteiger charge is 2.35. The molecule has 2 aliphatic heterocycles. The number of nitrogens with zero attached hydrogens (tertiary/aromatic N) is 6. The van der Waals surface area contributed by atoms with E-state index in [0.29, 0.717) is 18.1 Å². The fourth-order valence-electron chi connectivity index (χ4n) is 4.74. The molecular formula is C22H28N8. The van der Waals surface area contributed by atoms with E-state index in [9.17, 15) is 0 Å². The largest absolute Gasteiger partial charge is 0.362 e. The number of aromatic amines is 1. The molecule has 8 nitrogen and oxygen atoms in total. The van der Waals surface area contributed by atoms with Gasteiger partial charge in [-0.3, -0.25) is 5.10 Å². The highest BCUT2D eigenvalue weighted by Crippen LogP contribution is 2.32. The van der Waals surface area contributed by atoms with Crippen molar-refractivity contribution in [1.82, 2.24) is 30.7 Å². The quantitative estimate of drug-likeness (QED) is 0.676. The molecule has 0 spiro atoms. The maximum absolute atomic E-state index is 4.85. The molecule has 5 heterocycles. The lowest BCUT2D eigenvalue weighted by Crippen LogP contribution is -2.47. The van der Waals surface area contributed by atoms with E-state index >= 15 is 0 Å². The van der Waals surface area contributed by atoms with Crippen molar-refractivity contribution in [2.24, 2.45) is 0 Å². The topological polar surface area (TPSA) is 85.9 Å². The highest BCUT2D eigenvalue weighted by atomic mass is 15.3. The van der Waals surface area contributed by atoms with Crippen LogP contribution in [0.5, 0.6) is 0 Å². The van der Waals surface area contributed by atoms with Gasteiger partial charge in [-0.15, -0.1) is 10.2 Å². The summed E-state index contributed by atoms with van der Waals surface area (Å²) in [6, 6.07) is 9.98. The average molecular weight is 405 g/mol. The van der Waals surface area contributed by atoms with Crippen molar-refractivity contribution < 1.29 is 0 Å². The fourth-order valence-corrected chi connectivity index (χ4v) is 4.74. The standard InChI is InChI=1S/C22H28N8/c1-29(2)22-18(14-12-23-24-13-14)6-7-19(26-22)20-8-9-21(28-27-20)30(3)17-10-15-4-5-16(11-17)25-15/h6-9,12-13,15-17,25H,4-5,10-11H2,1-3H3,(H,23,24). The van der Waals surface area contributed by atoms with Crippen LogP contribution in [0.2, 0.25) is 0 Å². The number of pyridine rings is 1. The summed E-state index contributed by atoms with van der Waals surface area (Å²) < 4.78 is 0. The lowest BCUT2D eigenvalue weighted by atomic mass is 9.98. The Morgan fingerprint density at radius 2 is 1.70 bits per heavy atom. The first kappa shape index (κ1) is 19.0. The zero-order valence-electron chi connectivity index (χ0n) is 17.7. The van der Waals surface area contributed by atoms with Gasteiger partial charge in [0.05, 0.1) is 11.9 Å². The second kappa shape index (κ2) is 7.68. The van der Waals surface area contributed by atoms with Crippen molar-refractivity contribution >= 4 is 11.6 Å². The van der Waals surface area contributed by atoms with Gasteiger partial charge in [-0.1, -0.05) is 0 Å². The van der Waals surface area contributed by atoms with Crippen molar-refractivity contribution in [3.05, 3.63) is 36.7 Å². The summed E-state index contributed by atoms with van der Waals surface area (Å²) >= 11 is 0. The third-order valence-corrected chi connectivity index (χ3v) is 6.38. The van der Waals surface area contributed by atoms with Gasteiger partial charge in [-0.2, -0.15) is 5.10 Å². The SMILES string of the molecule is CN(C)c1nc(-c2ccc(N(C)C3CC4CCC(C3)N4)nn2)ccc1-c1cn[nH]c1. The minimum absolute atomic E-state index is 0.525. The molecule has 8 heteroatoms. The molecule has 5 rings (SSSR count). The molecule has 2 atom stereocenters. The smallest absolute Gasteiger partial charge is 0.151 e. The van der Waals surface area contributed by atoms with E-state index < -0.39 is 0 Å². The molecule has 0 saturated carbocycles. The zero-order valence-corrected chi connectivity index (χ0v) is 17.7. The molecule has 0 amide bonds. The van der Waals surface area contributed by atoms with Crippen molar-refractivity contribution in [3.8, 4) is 22.5 Å². The fraction of sp³-hybridized carbons (Fsp3) is 0.455. The predicted molar refractivity (Wildman–Crippen MR) is 119 cm³/mol. The summed E-state index contributed by atoms with van der Waals surface area (Å²) in [5, 5.41) is 19.7. The van der Waals surface area contributed by atoms with E-state index in [-0.39, 0.29) is 0 Å². The van der Waals surface area contributed by atoms with E-state index in [2.05, 4.69) is 49.8 Å². The summed E-state index contributed by atoms with van der Waals surface area (Å²) in [5.41, 5.74) is 3.63. The molecule has 0 aliphatic carbocycles. The lowest BCUT2D eigenvalue weighted by molar-refractivity contribution is 0.353. The maximum Gasteiger partial charge on any atom is 0.151 e. The molecule has 2 N–H and O–H groups in total. The molecule has 0 radical (unpaired) electrons. The van der Waals surface area contributed by atoms with Crippen molar-refractivity contribution in [1.29, 1.82) is 0 Å². The van der Waals surface area contributed by atoms with E-state index in [4.69, 9.17) is 4.98 Å². The van der Waals surface area contributed by atoms with Crippen LogP contribution in [0.25, 0.3) is 22.5 Å². The van der Waals surface area contributed by atoms with E-state index in [1.807, 2.05) is 37.3 Å². The third kappa shape index (κ3) is 3.52. The van der Waals surface area contributed by atoms with Gasteiger partial charge in [0.25, 0.3) is 0 Å². The van der Waals surface area contributed by atoms with Crippen molar-refractivity contribution in [3.63, 3.8) is 0 Å². The first-order valence-corrected chi connectivity index (χ1v) is 10.6. The Balaban J connectivity index is 1.38. The van der Waals surface area contributed by atoms with Gasteiger partial charge < -0.3 is 15.1 Å². The second-order valence-corrected chi connectivity index (χ2v) is 8.60. The summed E-state index contributed by atoms with van der Waals surface area (Å²) in [6.45, 7) is 0. The van der Waals surface area contributed by atoms with Crippen LogP contribution < -0.4 is 15.1 Å². The Morgan fingerprint density at radius 1 is 0.933 bits per heavy atom. The minimum Gasteiger partial charge on any atom is -0.362 e. The molecule has 3 aromatic rings. The highest BCUT2D eigenvalue weighted by molar-refractivity contribution is 5.77. The Hall–Kier alpha value is -3.00. The van der Waals surface area contributed by atoms with Crippen LogP contribution in [-0.2, 0) is 0 Å². The third-order valence-electron chi connectivity index (χ3n) is 6.38. The monoisotopic (exact) mass is 404 g/mol. The van der Waals surface area contributed by atoms with Gasteiger partial charge in [-0.25, -0.2) is 4.98 Å². The molecule has 2 saturated heterocycles. The first-order valence-electron chi connectivity index (χ1n) is 10.6. The number of anilines is 2. The van der Waals surface area contributed by atoms with Crippen LogP contribution >= 0.6 is 0 Å². The average Bonchev–Trinajstić information content (AvgIpc) is 3.42. The van der Waals surface area contributed by atoms with Crippen LogP contribution in [-0.4, -0.2) is 64.6 Å². The number of piperidine rings is 1. The van der Waals surface area contributed by atoms with Gasteiger partial charge >= 0.3 is 0 Å². The Bertz CT molecular complexity index is 986. The number of hydrogen-bond donors (Lipinski definition) is 2. The van der Waals surface area contributed by atoms with Gasteiger partial charge in [0.1, 0.15) is 11.5 Å². The molecule has 0 aromatic carbocycles. The second-order valence-electron chi connectivity index (χ2n) is 8.60. The molecular weight excluding hydrogens is 376 g/mol. The van der Waals surface area contributed by atoms with E-state index in [1.54, 1.807) is 6.20 Å². The number of nitrogens with one attached hydrogen (secondary N) is 2. The van der Waals surface area contributed by atoms with Crippen LogP contribution in [0.15, 0.2) is 36.7 Å². The number of aromatic nitrogens is 5. The molecule has 2 bridgehead atoms. The van der Waals surface area contributed by atoms with Crippen LogP contribution in [0.1, 0.15) is 25.7 Å². The molecule has 3 aromatic heterocycles. The summed E-state index contributed by atoms with van der Waals surface area (Å²) in [4.78, 5) is 9.15. The van der Waals surface area contributed by atoms with E-state index in [1.165, 1.54) is 25.7 Å². The van der Waals surface area contributed by atoms with Gasteiger partial charge in [0, 0.05) is 56.6 Å². The van der Waals surface area contributed by atoms with Gasteiger partial charge in [-0.05, 0) is 49.9 Å². The minimum atomic E-state index is 0.525. The number of H-pyrrole nitrogens is 1. The lowest BCUT2D eigenvalue weighted by Gasteiger charge is -2.36. The van der Waals surface area contributed by atoms with Crippen LogP contribution in [0, 0.1) is 0 Å². The Morgan fingerprint density at radius 3 is 2.33 bits per heavy atom. The van der Waals surface area contributed by atoms with Gasteiger partial charge in [0.2, 0.25) is 0 Å². The predicted octanol–water partition coefficient (Wildman–Crippen LogP) is 2.71. The number of fused-ring (bicyclic) bond motifs is 2. The zero-order chi connectivity index (χ0) is 20.7. The summed E-state index contributed by atoms with van der Waals surface area (Å²) in [5.74, 6) is 1.80. The Kier molecular flexibility index (Phi) is 4.86. The summed E-state index contributed by atoms with van der Waals surface area (Å²) in [6.07, 6.45) is 8.64. The number of rotatable bonds is 5. The van der Waals surface area contributed by atoms with E-state index in [0.717, 1.165) is 34.2 Å². The normalized spacial score (nSPS) is 22.8. The maximum atomic E-state index is 4.85. The molecule has 2 fully saturated rings. The molecule has 2 aliphatic rings. The van der Waals surface area contributed by atoms with Gasteiger partial charge in [0.15, 0.2) is 5.82 Å². The summed E-state index contributed by atoms with van der Waals surface area (Å²) in [7, 11) is 6.12. The first-order chi connectivity index (χ1) is 14.6. The van der Waals surface area contributed by atoms with Crippen LogP contribution in [0.4, 0.5) is 11.6 Å². The number of hydrogen-bond acceptors (Lipinski definition) is 7.